The first-order valence-corrected chi connectivity index (χ1v) is 20.4. The fourth-order valence-electron chi connectivity index (χ4n) is 5.03. The van der Waals surface area contributed by atoms with E-state index in [-0.39, 0.29) is 5.04 Å². The molecule has 0 fully saturated rings. The maximum absolute atomic E-state index is 12.2. The maximum atomic E-state index is 12.2. The topological polar surface area (TPSA) is 26.3 Å². The lowest BCUT2D eigenvalue weighted by Gasteiger charge is -2.39. The summed E-state index contributed by atoms with van der Waals surface area (Å²) in [6, 6.07) is 0. The molecule has 0 bridgehead atoms. The highest BCUT2D eigenvalue weighted by Gasteiger charge is 2.38. The minimum atomic E-state index is -1.72. The summed E-state index contributed by atoms with van der Waals surface area (Å²) < 4.78 is 6.80. The van der Waals surface area contributed by atoms with Gasteiger partial charge in [0.1, 0.15) is 5.78 Å². The van der Waals surface area contributed by atoms with Crippen molar-refractivity contribution in [2.45, 2.75) is 213 Å². The van der Waals surface area contributed by atoms with Gasteiger partial charge in [-0.3, -0.25) is 4.79 Å². The lowest BCUT2D eigenvalue weighted by Crippen LogP contribution is -2.43. The van der Waals surface area contributed by atoms with Crippen LogP contribution in [0, 0.1) is 0 Å². The van der Waals surface area contributed by atoms with Gasteiger partial charge in [0.2, 0.25) is 0 Å². The van der Waals surface area contributed by atoms with Gasteiger partial charge in [-0.05, 0) is 56.7 Å². The van der Waals surface area contributed by atoms with Crippen LogP contribution in [0.2, 0.25) is 18.1 Å². The van der Waals surface area contributed by atoms with Crippen LogP contribution in [0.3, 0.4) is 0 Å². The second-order valence-corrected chi connectivity index (χ2v) is 18.6. The van der Waals surface area contributed by atoms with E-state index < -0.39 is 8.32 Å². The summed E-state index contributed by atoms with van der Waals surface area (Å²) in [6.07, 6.45) is 35.0. The molecule has 0 spiro atoms. The van der Waals surface area contributed by atoms with Crippen molar-refractivity contribution in [2.75, 3.05) is 0 Å². The van der Waals surface area contributed by atoms with Crippen molar-refractivity contribution in [3.63, 3.8) is 0 Å². The quantitative estimate of drug-likeness (QED) is 0.0536. The number of ketones is 1. The number of rotatable bonds is 28. The highest BCUT2D eigenvalue weighted by molar-refractivity contribution is 6.74. The molecular formula is C36H72O2Si. The Kier molecular flexibility index (Phi) is 25.0. The van der Waals surface area contributed by atoms with Gasteiger partial charge in [0.15, 0.2) is 8.32 Å². The first-order chi connectivity index (χ1) is 18.6. The zero-order valence-corrected chi connectivity index (χ0v) is 29.0. The van der Waals surface area contributed by atoms with Crippen molar-refractivity contribution in [1.82, 2.24) is 0 Å². The Morgan fingerprint density at radius 3 is 1.56 bits per heavy atom. The lowest BCUT2D eigenvalue weighted by molar-refractivity contribution is -0.119. The molecule has 0 rings (SSSR count). The predicted molar refractivity (Wildman–Crippen MR) is 178 cm³/mol. The number of allylic oxidation sites excluding steroid dienone is 1. The Hall–Kier alpha value is -0.413. The van der Waals surface area contributed by atoms with E-state index in [2.05, 4.69) is 59.9 Å². The van der Waals surface area contributed by atoms with E-state index in [4.69, 9.17) is 4.43 Å². The summed E-state index contributed by atoms with van der Waals surface area (Å²) in [4.78, 5) is 12.2. The molecule has 0 aliphatic rings. The fourth-order valence-corrected chi connectivity index (χ4v) is 6.43. The van der Waals surface area contributed by atoms with Crippen LogP contribution in [-0.4, -0.2) is 20.2 Å². The zero-order valence-electron chi connectivity index (χ0n) is 28.0. The molecular weight excluding hydrogens is 492 g/mol. The van der Waals surface area contributed by atoms with Gasteiger partial charge in [-0.1, -0.05) is 150 Å². The Morgan fingerprint density at radius 2 is 1.08 bits per heavy atom. The smallest absolute Gasteiger partial charge is 0.192 e. The molecule has 0 saturated heterocycles. The number of hydrogen-bond donors (Lipinski definition) is 0. The average molecular weight is 565 g/mol. The van der Waals surface area contributed by atoms with Crippen molar-refractivity contribution in [3.8, 4) is 0 Å². The van der Waals surface area contributed by atoms with Gasteiger partial charge in [-0.25, -0.2) is 0 Å². The monoisotopic (exact) mass is 565 g/mol. The van der Waals surface area contributed by atoms with E-state index in [0.29, 0.717) is 11.9 Å². The van der Waals surface area contributed by atoms with Crippen molar-refractivity contribution in [1.29, 1.82) is 0 Å². The molecule has 1 atom stereocenters. The lowest BCUT2D eigenvalue weighted by atomic mass is 10.0. The van der Waals surface area contributed by atoms with Crippen molar-refractivity contribution in [2.24, 2.45) is 0 Å². The van der Waals surface area contributed by atoms with Gasteiger partial charge in [-0.2, -0.15) is 0 Å². The molecule has 0 N–H and O–H groups in total. The van der Waals surface area contributed by atoms with E-state index >= 15 is 0 Å². The summed E-state index contributed by atoms with van der Waals surface area (Å²) in [5.41, 5.74) is 0. The number of unbranched alkanes of at least 4 members (excludes halogenated alkanes) is 17. The Balaban J connectivity index is 3.83. The van der Waals surface area contributed by atoms with Gasteiger partial charge in [0, 0.05) is 18.9 Å². The van der Waals surface area contributed by atoms with Gasteiger partial charge >= 0.3 is 0 Å². The summed E-state index contributed by atoms with van der Waals surface area (Å²) in [7, 11) is -1.72. The van der Waals surface area contributed by atoms with E-state index in [9.17, 15) is 4.79 Å². The third-order valence-corrected chi connectivity index (χ3v) is 13.4. The van der Waals surface area contributed by atoms with Crippen molar-refractivity contribution < 1.29 is 9.22 Å². The first kappa shape index (κ1) is 38.6. The Labute approximate surface area is 248 Å². The summed E-state index contributed by atoms with van der Waals surface area (Å²) >= 11 is 0. The van der Waals surface area contributed by atoms with Crippen LogP contribution in [0.25, 0.3) is 0 Å². The van der Waals surface area contributed by atoms with Crippen LogP contribution >= 0.6 is 0 Å². The molecule has 0 unspecified atom stereocenters. The van der Waals surface area contributed by atoms with Crippen LogP contribution in [-0.2, 0) is 9.22 Å². The van der Waals surface area contributed by atoms with Crippen LogP contribution < -0.4 is 0 Å². The molecule has 0 radical (unpaired) electrons. The van der Waals surface area contributed by atoms with Gasteiger partial charge in [-0.15, -0.1) is 0 Å². The molecule has 0 aliphatic heterocycles. The van der Waals surface area contributed by atoms with Gasteiger partial charge < -0.3 is 4.43 Å². The van der Waals surface area contributed by atoms with Crippen molar-refractivity contribution in [3.05, 3.63) is 12.2 Å². The third kappa shape index (κ3) is 23.9. The summed E-state index contributed by atoms with van der Waals surface area (Å²) in [5, 5.41) is 0.274. The second-order valence-electron chi connectivity index (χ2n) is 13.8. The zero-order chi connectivity index (χ0) is 29.2. The molecule has 232 valence electrons. The number of Topliss-reactive ketones (excluding diaryl/α,β-unsaturated/α-hetero) is 1. The minimum Gasteiger partial charge on any atom is -0.414 e. The highest BCUT2D eigenvalue weighted by atomic mass is 28.4. The summed E-state index contributed by atoms with van der Waals surface area (Å²) in [6.45, 7) is 16.4. The fraction of sp³-hybridized carbons (Fsp3) is 0.917. The predicted octanol–water partition coefficient (Wildman–Crippen LogP) is 12.9. The number of carbonyl (C=O) groups is 1. The SMILES string of the molecule is CCCCCCCCCCCCC(=O)CCCCCCCC=CC[C@@H](CCCCCC)O[Si](C)(C)C(C)(C)C. The summed E-state index contributed by atoms with van der Waals surface area (Å²) in [5.74, 6) is 0.502. The van der Waals surface area contributed by atoms with Gasteiger partial charge in [0.25, 0.3) is 0 Å². The normalized spacial score (nSPS) is 13.4. The van der Waals surface area contributed by atoms with Crippen LogP contribution in [0.5, 0.6) is 0 Å². The molecule has 0 aliphatic carbocycles. The van der Waals surface area contributed by atoms with Crippen molar-refractivity contribution >= 4 is 14.1 Å². The first-order valence-electron chi connectivity index (χ1n) is 17.5. The molecule has 39 heavy (non-hydrogen) atoms. The largest absolute Gasteiger partial charge is 0.414 e. The molecule has 0 aromatic rings. The number of hydrogen-bond acceptors (Lipinski definition) is 2. The second kappa shape index (κ2) is 25.3. The Bertz CT molecular complexity index is 575. The molecule has 3 heteroatoms. The average Bonchev–Trinajstić information content (AvgIpc) is 2.87. The molecule has 2 nitrogen and oxygen atoms in total. The van der Waals surface area contributed by atoms with Crippen LogP contribution in [0.15, 0.2) is 12.2 Å². The third-order valence-electron chi connectivity index (χ3n) is 8.85. The highest BCUT2D eigenvalue weighted by Crippen LogP contribution is 2.38. The van der Waals surface area contributed by atoms with E-state index in [1.54, 1.807) is 0 Å². The van der Waals surface area contributed by atoms with Crippen LogP contribution in [0.1, 0.15) is 189 Å². The van der Waals surface area contributed by atoms with E-state index in [1.807, 2.05) is 0 Å². The minimum absolute atomic E-state index is 0.274. The molecule has 0 aromatic heterocycles. The standard InChI is InChI=1S/C36H72O2Si/c1-8-10-12-14-15-16-17-20-23-26-30-34(37)31-27-24-21-18-19-22-25-29-33-35(32-28-13-11-9-2)38-39(6,7)36(3,4)5/h25,29,35H,8-24,26-28,30-33H2,1-7H3/t35-/m1/s1. The Morgan fingerprint density at radius 1 is 0.641 bits per heavy atom. The number of carbonyl (C=O) groups excluding carboxylic acids is 1. The van der Waals surface area contributed by atoms with E-state index in [1.165, 1.54) is 122 Å². The van der Waals surface area contributed by atoms with Gasteiger partial charge in [0.05, 0.1) is 0 Å². The van der Waals surface area contributed by atoms with Crippen LogP contribution in [0.4, 0.5) is 0 Å². The van der Waals surface area contributed by atoms with E-state index in [0.717, 1.165) is 32.1 Å². The molecule has 0 saturated carbocycles. The maximum Gasteiger partial charge on any atom is 0.192 e. The molecule has 0 aromatic carbocycles. The molecule has 0 amide bonds. The molecule has 0 heterocycles.